The number of pyridine rings is 1. The van der Waals surface area contributed by atoms with Gasteiger partial charge in [-0.2, -0.15) is 0 Å². The molecule has 0 aliphatic carbocycles. The third-order valence-electron chi connectivity index (χ3n) is 4.95. The highest BCUT2D eigenvalue weighted by Gasteiger charge is 2.13. The smallest absolute Gasteiger partial charge is 0.327 e. The first-order chi connectivity index (χ1) is 17.4. The number of benzene rings is 3. The van der Waals surface area contributed by atoms with E-state index in [0.717, 1.165) is 17.5 Å². The number of nitrogens with zero attached hydrogens (tertiary/aromatic N) is 1. The third kappa shape index (κ3) is 5.73. The summed E-state index contributed by atoms with van der Waals surface area (Å²) in [6.45, 7) is 0. The highest BCUT2D eigenvalue weighted by atomic mass is 35.5. The fraction of sp³-hybridized carbons (Fsp3) is 0.0800. The number of ether oxygens (including phenoxy) is 3. The fourth-order valence-corrected chi connectivity index (χ4v) is 3.49. The Hall–Kier alpha value is -4.57. The third-order valence-corrected chi connectivity index (χ3v) is 5.27. The molecule has 3 N–H and O–H groups in total. The summed E-state index contributed by atoms with van der Waals surface area (Å²) < 4.78 is 29.8. The molecule has 0 fully saturated rings. The normalized spacial score (nSPS) is 10.4. The van der Waals surface area contributed by atoms with Crippen molar-refractivity contribution in [2.24, 2.45) is 0 Å². The van der Waals surface area contributed by atoms with Crippen LogP contribution in [0.2, 0.25) is 5.02 Å². The predicted molar refractivity (Wildman–Crippen MR) is 134 cm³/mol. The van der Waals surface area contributed by atoms with Crippen LogP contribution in [0.4, 0.5) is 25.4 Å². The van der Waals surface area contributed by atoms with E-state index in [9.17, 15) is 14.0 Å². The molecule has 0 radical (unpaired) electrons. The molecule has 9 nitrogen and oxygen atoms in total. The van der Waals surface area contributed by atoms with Gasteiger partial charge < -0.3 is 24.8 Å². The number of anilines is 2. The van der Waals surface area contributed by atoms with Gasteiger partial charge in [-0.1, -0.05) is 11.6 Å². The summed E-state index contributed by atoms with van der Waals surface area (Å²) >= 11 is 5.86. The Morgan fingerprint density at radius 2 is 1.56 bits per heavy atom. The van der Waals surface area contributed by atoms with E-state index in [1.54, 1.807) is 62.9 Å². The van der Waals surface area contributed by atoms with Crippen LogP contribution in [0.15, 0.2) is 66.9 Å². The average Bonchev–Trinajstić information content (AvgIpc) is 2.86. The molecule has 0 atom stereocenters. The van der Waals surface area contributed by atoms with Crippen LogP contribution in [-0.4, -0.2) is 31.3 Å². The van der Waals surface area contributed by atoms with Crippen LogP contribution in [-0.2, 0) is 0 Å². The van der Waals surface area contributed by atoms with E-state index in [2.05, 4.69) is 20.9 Å². The first-order valence-electron chi connectivity index (χ1n) is 10.5. The first-order valence-corrected chi connectivity index (χ1v) is 10.9. The zero-order valence-corrected chi connectivity index (χ0v) is 19.9. The number of aromatic nitrogens is 1. The number of nitrogens with one attached hydrogen (secondary N) is 3. The van der Waals surface area contributed by atoms with Gasteiger partial charge in [-0.15, -0.1) is 0 Å². The molecular weight excluding hydrogens is 491 g/mol. The van der Waals surface area contributed by atoms with Crippen LogP contribution in [0.25, 0.3) is 10.9 Å². The summed E-state index contributed by atoms with van der Waals surface area (Å²) in [7, 11) is 3.09. The number of carbonyl (C=O) groups excluding carboxylic acids is 2. The van der Waals surface area contributed by atoms with Gasteiger partial charge in [0.05, 0.1) is 30.4 Å². The maximum absolute atomic E-state index is 13.1. The molecule has 0 bridgehead atoms. The Morgan fingerprint density at radius 1 is 0.861 bits per heavy atom. The molecule has 3 aromatic carbocycles. The highest BCUT2D eigenvalue weighted by molar-refractivity contribution is 6.33. The van der Waals surface area contributed by atoms with Crippen molar-refractivity contribution in [2.75, 3.05) is 24.9 Å². The van der Waals surface area contributed by atoms with Gasteiger partial charge in [0.15, 0.2) is 11.5 Å². The summed E-state index contributed by atoms with van der Waals surface area (Å²) in [5, 5.41) is 7.73. The second-order valence-corrected chi connectivity index (χ2v) is 7.72. The van der Waals surface area contributed by atoms with Crippen LogP contribution >= 0.6 is 11.6 Å². The number of hydrogen-bond donors (Lipinski definition) is 3. The molecule has 11 heteroatoms. The lowest BCUT2D eigenvalue weighted by Gasteiger charge is -2.13. The van der Waals surface area contributed by atoms with Gasteiger partial charge in [0.1, 0.15) is 17.3 Å². The van der Waals surface area contributed by atoms with Crippen LogP contribution < -0.4 is 30.2 Å². The van der Waals surface area contributed by atoms with E-state index < -0.39 is 17.9 Å². The van der Waals surface area contributed by atoms with Crippen LogP contribution in [0.3, 0.4) is 0 Å². The SMILES string of the molecule is COc1cc2nccc(Oc3ccc(NC(=O)NC(=O)Nc4ccc(F)cc4Cl)cc3)c2cc1OC. The number of urea groups is 2. The molecule has 184 valence electrons. The maximum atomic E-state index is 13.1. The van der Waals surface area contributed by atoms with Crippen molar-refractivity contribution in [3.8, 4) is 23.0 Å². The Morgan fingerprint density at radius 3 is 2.25 bits per heavy atom. The van der Waals surface area contributed by atoms with Crippen molar-refractivity contribution in [1.29, 1.82) is 0 Å². The number of hydrogen-bond acceptors (Lipinski definition) is 6. The molecule has 4 rings (SSSR count). The Balaban J connectivity index is 1.39. The maximum Gasteiger partial charge on any atom is 0.327 e. The number of amides is 4. The molecule has 0 saturated heterocycles. The minimum atomic E-state index is -0.836. The number of methoxy groups -OCH3 is 2. The van der Waals surface area contributed by atoms with E-state index in [-0.39, 0.29) is 10.7 Å². The minimum absolute atomic E-state index is 0.000652. The lowest BCUT2D eigenvalue weighted by Crippen LogP contribution is -2.37. The topological polar surface area (TPSA) is 111 Å². The average molecular weight is 511 g/mol. The molecule has 0 aliphatic heterocycles. The second-order valence-electron chi connectivity index (χ2n) is 7.32. The monoisotopic (exact) mass is 510 g/mol. The van der Waals surface area contributed by atoms with Crippen molar-refractivity contribution in [2.45, 2.75) is 0 Å². The minimum Gasteiger partial charge on any atom is -0.493 e. The van der Waals surface area contributed by atoms with Crippen LogP contribution in [0.5, 0.6) is 23.0 Å². The standard InChI is InChI=1S/C25H20ClFN4O5/c1-34-22-12-17-20(13-23(22)35-2)28-10-9-21(17)36-16-6-4-15(5-7-16)29-24(32)31-25(33)30-19-8-3-14(27)11-18(19)26/h3-13H,1-2H3,(H3,29,30,31,32,33). The number of rotatable bonds is 6. The molecule has 0 unspecified atom stereocenters. The van der Waals surface area contributed by atoms with E-state index in [1.807, 2.05) is 0 Å². The molecule has 0 spiro atoms. The lowest BCUT2D eigenvalue weighted by molar-refractivity contribution is 0.240. The molecule has 36 heavy (non-hydrogen) atoms. The van der Waals surface area contributed by atoms with Gasteiger partial charge in [-0.3, -0.25) is 10.3 Å². The van der Waals surface area contributed by atoms with Crippen molar-refractivity contribution < 1.29 is 28.2 Å². The predicted octanol–water partition coefficient (Wildman–Crippen LogP) is 6.19. The lowest BCUT2D eigenvalue weighted by atomic mass is 10.2. The molecule has 0 saturated carbocycles. The van der Waals surface area contributed by atoms with Crippen LogP contribution in [0.1, 0.15) is 0 Å². The second kappa shape index (κ2) is 10.8. The van der Waals surface area contributed by atoms with E-state index >= 15 is 0 Å². The van der Waals surface area contributed by atoms with Crippen molar-refractivity contribution in [1.82, 2.24) is 10.3 Å². The van der Waals surface area contributed by atoms with Gasteiger partial charge in [-0.05, 0) is 54.6 Å². The van der Waals surface area contributed by atoms with Crippen molar-refractivity contribution >= 4 is 45.9 Å². The van der Waals surface area contributed by atoms with Gasteiger partial charge in [-0.25, -0.2) is 14.0 Å². The highest BCUT2D eigenvalue weighted by Crippen LogP contribution is 2.37. The quantitative estimate of drug-likeness (QED) is 0.285. The largest absolute Gasteiger partial charge is 0.493 e. The Bertz CT molecular complexity index is 1430. The summed E-state index contributed by atoms with van der Waals surface area (Å²) in [5.41, 5.74) is 1.24. The molecule has 1 heterocycles. The van der Waals surface area contributed by atoms with E-state index in [0.29, 0.717) is 34.2 Å². The number of fused-ring (bicyclic) bond motifs is 1. The number of carbonyl (C=O) groups is 2. The molecule has 4 amide bonds. The van der Waals surface area contributed by atoms with E-state index in [4.69, 9.17) is 25.8 Å². The summed E-state index contributed by atoms with van der Waals surface area (Å²) in [6.07, 6.45) is 1.62. The van der Waals surface area contributed by atoms with Crippen LogP contribution in [0, 0.1) is 5.82 Å². The van der Waals surface area contributed by atoms with Gasteiger partial charge >= 0.3 is 12.1 Å². The summed E-state index contributed by atoms with van der Waals surface area (Å²) in [4.78, 5) is 28.5. The summed E-state index contributed by atoms with van der Waals surface area (Å²) in [5.74, 6) is 1.60. The summed E-state index contributed by atoms with van der Waals surface area (Å²) in [6, 6.07) is 13.6. The number of halogens is 2. The zero-order chi connectivity index (χ0) is 25.7. The Kier molecular flexibility index (Phi) is 7.36. The van der Waals surface area contributed by atoms with Gasteiger partial charge in [0, 0.05) is 23.3 Å². The molecule has 4 aromatic rings. The van der Waals surface area contributed by atoms with Gasteiger partial charge in [0.25, 0.3) is 0 Å². The number of imide groups is 1. The molecule has 0 aliphatic rings. The Labute approximate surface area is 210 Å². The van der Waals surface area contributed by atoms with E-state index in [1.165, 1.54) is 6.07 Å². The van der Waals surface area contributed by atoms with Gasteiger partial charge in [0.2, 0.25) is 0 Å². The van der Waals surface area contributed by atoms with Crippen molar-refractivity contribution in [3.63, 3.8) is 0 Å². The fourth-order valence-electron chi connectivity index (χ4n) is 3.28. The van der Waals surface area contributed by atoms with Crippen molar-refractivity contribution in [3.05, 3.63) is 77.7 Å². The molecule has 1 aromatic heterocycles. The molecular formula is C25H20ClFN4O5. The zero-order valence-electron chi connectivity index (χ0n) is 19.1. The first kappa shape index (κ1) is 24.6.